The molecule has 1 aliphatic rings. The number of hydrogen-bond acceptors (Lipinski definition) is 5. The molecule has 0 atom stereocenters. The number of benzene rings is 1. The summed E-state index contributed by atoms with van der Waals surface area (Å²) in [6.07, 6.45) is 0.00229. The Kier molecular flexibility index (Phi) is 7.41. The van der Waals surface area contributed by atoms with E-state index in [4.69, 9.17) is 0 Å². The number of fused-ring (bicyclic) bond motifs is 2. The van der Waals surface area contributed by atoms with Crippen LogP contribution in [0.1, 0.15) is 38.2 Å². The van der Waals surface area contributed by atoms with Crippen molar-refractivity contribution >= 4 is 16.6 Å². The van der Waals surface area contributed by atoms with Crippen molar-refractivity contribution in [2.45, 2.75) is 45.3 Å². The summed E-state index contributed by atoms with van der Waals surface area (Å²) in [5.41, 5.74) is 0.820. The van der Waals surface area contributed by atoms with E-state index in [0.717, 1.165) is 29.1 Å². The zero-order valence-electron chi connectivity index (χ0n) is 20.2. The van der Waals surface area contributed by atoms with Gasteiger partial charge < -0.3 is 4.98 Å². The Morgan fingerprint density at radius 2 is 1.79 bits per heavy atom. The van der Waals surface area contributed by atoms with E-state index >= 15 is 0 Å². The molecule has 1 fully saturated rings. The third-order valence-corrected chi connectivity index (χ3v) is 5.51. The topological polar surface area (TPSA) is 114 Å². The number of alkyl halides is 3. The van der Waals surface area contributed by atoms with Gasteiger partial charge in [0.1, 0.15) is 6.54 Å². The van der Waals surface area contributed by atoms with Gasteiger partial charge in [-0.3, -0.25) is 14.5 Å². The fourth-order valence-corrected chi connectivity index (χ4v) is 3.77. The second-order valence-corrected chi connectivity index (χ2v) is 8.14. The SMILES string of the molecule is CC.Fc1nn(CC(F)(F)F)c2ccccc12.O=c1[nH]cc(-c2cc(C3CC3)c3ncc(F)n3n2)c(=O)[nH]1. The molecule has 1 aliphatic carbocycles. The lowest BCUT2D eigenvalue weighted by Gasteiger charge is -2.06. The summed E-state index contributed by atoms with van der Waals surface area (Å²) in [7, 11) is 0. The van der Waals surface area contributed by atoms with Crippen LogP contribution in [0.25, 0.3) is 27.8 Å². The first-order chi connectivity index (χ1) is 18.1. The number of para-hydroxylation sites is 1. The summed E-state index contributed by atoms with van der Waals surface area (Å²) >= 11 is 0. The van der Waals surface area contributed by atoms with Crippen molar-refractivity contribution in [1.82, 2.24) is 34.3 Å². The summed E-state index contributed by atoms with van der Waals surface area (Å²) in [6.45, 7) is 2.72. The lowest BCUT2D eigenvalue weighted by atomic mass is 10.1. The van der Waals surface area contributed by atoms with Gasteiger partial charge in [0, 0.05) is 11.8 Å². The van der Waals surface area contributed by atoms with E-state index < -0.39 is 35.9 Å². The van der Waals surface area contributed by atoms with Crippen LogP contribution in [0.15, 0.2) is 52.3 Å². The highest BCUT2D eigenvalue weighted by Gasteiger charge is 2.30. The minimum Gasteiger partial charge on any atom is -0.313 e. The van der Waals surface area contributed by atoms with Crippen LogP contribution in [0, 0.1) is 11.9 Å². The molecule has 1 saturated carbocycles. The smallest absolute Gasteiger partial charge is 0.313 e. The molecule has 0 unspecified atom stereocenters. The van der Waals surface area contributed by atoms with Crippen LogP contribution in [-0.2, 0) is 6.54 Å². The van der Waals surface area contributed by atoms with Crippen molar-refractivity contribution in [3.05, 3.63) is 81.0 Å². The van der Waals surface area contributed by atoms with Gasteiger partial charge in [-0.1, -0.05) is 26.0 Å². The monoisotopic (exact) mass is 535 g/mol. The first-order valence-electron chi connectivity index (χ1n) is 11.6. The number of nitrogens with zero attached hydrogens (tertiary/aromatic N) is 5. The molecule has 0 bridgehead atoms. The summed E-state index contributed by atoms with van der Waals surface area (Å²) < 4.78 is 64.8. The first-order valence-corrected chi connectivity index (χ1v) is 11.6. The Labute approximate surface area is 211 Å². The highest BCUT2D eigenvalue weighted by Crippen LogP contribution is 2.42. The number of aromatic amines is 2. The van der Waals surface area contributed by atoms with Gasteiger partial charge in [-0.25, -0.2) is 9.78 Å². The Hall–Kier alpha value is -4.36. The lowest BCUT2D eigenvalue weighted by Crippen LogP contribution is -2.23. The summed E-state index contributed by atoms with van der Waals surface area (Å²) in [6, 6.07) is 7.62. The molecule has 14 heteroatoms. The standard InChI is InChI=1S/C13H10FN5O2.C9H6F4N2.C2H6/c14-10-5-15-11-7(6-1-2-6)3-9(18-19(10)11)8-4-16-13(21)17-12(8)20;10-8-6-3-1-2-4-7(6)15(14-8)5-9(11,12)13;1-2/h3-6H,1-2H2,(H2,16,17,20,21);1-4H,5H2;1-2H3. The number of imidazole rings is 1. The van der Waals surface area contributed by atoms with Gasteiger partial charge in [0.05, 0.1) is 28.4 Å². The van der Waals surface area contributed by atoms with Crippen LogP contribution >= 0.6 is 0 Å². The molecule has 4 heterocycles. The molecular formula is C24H22F5N7O2. The third-order valence-electron chi connectivity index (χ3n) is 5.51. The van der Waals surface area contributed by atoms with E-state index in [1.807, 2.05) is 13.8 Å². The average Bonchev–Trinajstić information content (AvgIpc) is 3.60. The maximum Gasteiger partial charge on any atom is 0.408 e. The van der Waals surface area contributed by atoms with Gasteiger partial charge in [-0.2, -0.15) is 31.6 Å². The zero-order chi connectivity index (χ0) is 27.6. The maximum absolute atomic E-state index is 13.8. The van der Waals surface area contributed by atoms with E-state index in [-0.39, 0.29) is 16.5 Å². The molecule has 0 amide bonds. The van der Waals surface area contributed by atoms with Gasteiger partial charge in [0.2, 0.25) is 11.9 Å². The molecule has 1 aromatic carbocycles. The molecule has 0 radical (unpaired) electrons. The molecule has 0 spiro atoms. The molecular weight excluding hydrogens is 513 g/mol. The second kappa shape index (κ2) is 10.6. The fraction of sp³-hybridized carbons (Fsp3) is 0.292. The number of aromatic nitrogens is 7. The Bertz CT molecular complexity index is 1700. The highest BCUT2D eigenvalue weighted by atomic mass is 19.4. The third kappa shape index (κ3) is 5.63. The van der Waals surface area contributed by atoms with Crippen LogP contribution in [0.5, 0.6) is 0 Å². The van der Waals surface area contributed by atoms with Crippen LogP contribution < -0.4 is 11.2 Å². The van der Waals surface area contributed by atoms with Crippen molar-refractivity contribution in [3.63, 3.8) is 0 Å². The van der Waals surface area contributed by atoms with E-state index in [1.54, 1.807) is 12.1 Å². The average molecular weight is 535 g/mol. The number of halogens is 5. The van der Waals surface area contributed by atoms with Crippen molar-refractivity contribution in [3.8, 4) is 11.3 Å². The van der Waals surface area contributed by atoms with E-state index in [2.05, 4.69) is 25.1 Å². The van der Waals surface area contributed by atoms with Crippen LogP contribution in [-0.4, -0.2) is 40.5 Å². The van der Waals surface area contributed by atoms with Crippen LogP contribution in [0.4, 0.5) is 22.0 Å². The highest BCUT2D eigenvalue weighted by molar-refractivity contribution is 5.79. The van der Waals surface area contributed by atoms with Crippen molar-refractivity contribution in [2.75, 3.05) is 0 Å². The number of nitrogens with one attached hydrogen (secondary N) is 2. The Morgan fingerprint density at radius 3 is 2.45 bits per heavy atom. The molecule has 38 heavy (non-hydrogen) atoms. The predicted molar refractivity (Wildman–Crippen MR) is 129 cm³/mol. The first kappa shape index (κ1) is 26.7. The van der Waals surface area contributed by atoms with Gasteiger partial charge in [0.25, 0.3) is 5.56 Å². The van der Waals surface area contributed by atoms with Gasteiger partial charge in [-0.05, 0) is 37.0 Å². The number of H-pyrrole nitrogens is 2. The summed E-state index contributed by atoms with van der Waals surface area (Å²) in [5, 5.41) is 7.41. The summed E-state index contributed by atoms with van der Waals surface area (Å²) in [5.74, 6) is -1.15. The Morgan fingerprint density at radius 1 is 1.08 bits per heavy atom. The quantitative estimate of drug-likeness (QED) is 0.329. The Balaban J connectivity index is 0.000000175. The number of hydrogen-bond donors (Lipinski definition) is 2. The summed E-state index contributed by atoms with van der Waals surface area (Å²) in [4.78, 5) is 31.5. The molecule has 0 saturated heterocycles. The van der Waals surface area contributed by atoms with Gasteiger partial charge in [0.15, 0.2) is 5.65 Å². The largest absolute Gasteiger partial charge is 0.408 e. The van der Waals surface area contributed by atoms with Gasteiger partial charge in [-0.15, -0.1) is 5.10 Å². The molecule has 200 valence electrons. The molecule has 0 aliphatic heterocycles. The minimum absolute atomic E-state index is 0.0988. The van der Waals surface area contributed by atoms with Crippen molar-refractivity contribution in [1.29, 1.82) is 0 Å². The van der Waals surface area contributed by atoms with Crippen molar-refractivity contribution in [2.24, 2.45) is 0 Å². The molecule has 2 N–H and O–H groups in total. The molecule has 4 aromatic heterocycles. The molecule has 5 aromatic rings. The van der Waals surface area contributed by atoms with E-state index in [0.29, 0.717) is 21.9 Å². The van der Waals surface area contributed by atoms with Crippen molar-refractivity contribution < 1.29 is 22.0 Å². The minimum atomic E-state index is -4.40. The molecule has 9 nitrogen and oxygen atoms in total. The van der Waals surface area contributed by atoms with Crippen LogP contribution in [0.3, 0.4) is 0 Å². The fourth-order valence-electron chi connectivity index (χ4n) is 3.77. The van der Waals surface area contributed by atoms with E-state index in [9.17, 15) is 31.5 Å². The van der Waals surface area contributed by atoms with E-state index in [1.165, 1.54) is 24.4 Å². The molecule has 6 rings (SSSR count). The predicted octanol–water partition coefficient (Wildman–Crippen LogP) is 4.55. The second-order valence-electron chi connectivity index (χ2n) is 8.14. The normalized spacial score (nSPS) is 13.1. The van der Waals surface area contributed by atoms with Gasteiger partial charge >= 0.3 is 11.9 Å². The number of rotatable bonds is 3. The lowest BCUT2D eigenvalue weighted by molar-refractivity contribution is -0.142. The zero-order valence-corrected chi connectivity index (χ0v) is 20.2. The van der Waals surface area contributed by atoms with Crippen LogP contribution in [0.2, 0.25) is 0 Å². The maximum atomic E-state index is 13.8.